The molecule has 0 radical (unpaired) electrons. The summed E-state index contributed by atoms with van der Waals surface area (Å²) in [6, 6.07) is 14.0. The average Bonchev–Trinajstić information content (AvgIpc) is 2.82. The molecule has 0 heterocycles. The van der Waals surface area contributed by atoms with Crippen molar-refractivity contribution in [3.05, 3.63) is 90.3 Å². The lowest BCUT2D eigenvalue weighted by Crippen LogP contribution is -2.28. The van der Waals surface area contributed by atoms with Gasteiger partial charge in [-0.1, -0.05) is 42.5 Å². The molecule has 0 N–H and O–H groups in total. The van der Waals surface area contributed by atoms with Gasteiger partial charge in [-0.3, -0.25) is 9.59 Å². The first-order chi connectivity index (χ1) is 10.2. The van der Waals surface area contributed by atoms with E-state index < -0.39 is 5.43 Å². The van der Waals surface area contributed by atoms with Crippen molar-refractivity contribution < 1.29 is 4.79 Å². The highest BCUT2D eigenvalue weighted by Gasteiger charge is 2.17. The number of hydrogen-bond donors (Lipinski definition) is 0. The SMILES string of the molecule is [N-]=[N+]=c1c(=O)c2c3ccccc3c(=O)c=2c2ccccc12. The summed E-state index contributed by atoms with van der Waals surface area (Å²) in [6.45, 7) is 0. The van der Waals surface area contributed by atoms with Gasteiger partial charge in [-0.25, -0.2) is 0 Å². The van der Waals surface area contributed by atoms with Crippen LogP contribution < -0.4 is 16.2 Å². The zero-order valence-corrected chi connectivity index (χ0v) is 10.8. The largest absolute Gasteiger partial charge is 0.370 e. The van der Waals surface area contributed by atoms with Gasteiger partial charge >= 0.3 is 5.36 Å². The van der Waals surface area contributed by atoms with Crippen LogP contribution in [0.1, 0.15) is 0 Å². The van der Waals surface area contributed by atoms with Crippen molar-refractivity contribution in [3.63, 3.8) is 0 Å². The first kappa shape index (κ1) is 11.7. The molecular formula is C17H8N2O2. The lowest BCUT2D eigenvalue weighted by Gasteiger charge is -1.92. The van der Waals surface area contributed by atoms with E-state index in [1.165, 1.54) is 0 Å². The molecule has 4 nitrogen and oxygen atoms in total. The second-order valence-corrected chi connectivity index (χ2v) is 4.95. The summed E-state index contributed by atoms with van der Waals surface area (Å²) in [5.74, 6) is 0. The maximum absolute atomic E-state index is 12.6. The molecule has 0 atom stereocenters. The lowest BCUT2D eigenvalue weighted by molar-refractivity contribution is -0.0642. The van der Waals surface area contributed by atoms with Gasteiger partial charge < -0.3 is 5.53 Å². The number of nitrogens with zero attached hydrogens (tertiary/aromatic N) is 2. The summed E-state index contributed by atoms with van der Waals surface area (Å²) in [5, 5.41) is 2.98. The molecule has 4 heteroatoms. The zero-order chi connectivity index (χ0) is 14.6. The van der Waals surface area contributed by atoms with Crippen molar-refractivity contribution in [3.8, 4) is 0 Å². The minimum Gasteiger partial charge on any atom is -0.361 e. The highest BCUT2D eigenvalue weighted by molar-refractivity contribution is 5.91. The van der Waals surface area contributed by atoms with Crippen LogP contribution in [0.4, 0.5) is 0 Å². The van der Waals surface area contributed by atoms with Crippen molar-refractivity contribution in [1.82, 2.24) is 0 Å². The second-order valence-electron chi connectivity index (χ2n) is 4.95. The molecule has 98 valence electrons. The predicted molar refractivity (Wildman–Crippen MR) is 78.4 cm³/mol. The van der Waals surface area contributed by atoms with E-state index in [4.69, 9.17) is 0 Å². The first-order valence-electron chi connectivity index (χ1n) is 6.49. The van der Waals surface area contributed by atoms with Gasteiger partial charge in [-0.15, -0.1) is 0 Å². The molecule has 2 aliphatic carbocycles. The Kier molecular flexibility index (Phi) is 2.20. The Morgan fingerprint density at radius 1 is 0.667 bits per heavy atom. The van der Waals surface area contributed by atoms with E-state index in [0.29, 0.717) is 32.0 Å². The van der Waals surface area contributed by atoms with Crippen molar-refractivity contribution in [2.75, 3.05) is 0 Å². The van der Waals surface area contributed by atoms with E-state index in [1.54, 1.807) is 48.5 Å². The zero-order valence-electron chi connectivity index (χ0n) is 10.8. The van der Waals surface area contributed by atoms with Crippen LogP contribution in [-0.4, -0.2) is 4.79 Å². The molecule has 0 amide bonds. The third-order valence-corrected chi connectivity index (χ3v) is 3.91. The van der Waals surface area contributed by atoms with Gasteiger partial charge in [0.2, 0.25) is 0 Å². The van der Waals surface area contributed by atoms with E-state index >= 15 is 0 Å². The minimum atomic E-state index is -0.412. The monoisotopic (exact) mass is 272 g/mol. The third-order valence-electron chi connectivity index (χ3n) is 3.91. The average molecular weight is 272 g/mol. The van der Waals surface area contributed by atoms with Gasteiger partial charge in [0.15, 0.2) is 5.43 Å². The molecule has 21 heavy (non-hydrogen) atoms. The highest BCUT2D eigenvalue weighted by Crippen LogP contribution is 2.17. The molecule has 4 rings (SSSR count). The summed E-state index contributed by atoms with van der Waals surface area (Å²) < 4.78 is 0. The molecule has 0 aliphatic heterocycles. The van der Waals surface area contributed by atoms with Gasteiger partial charge in [-0.05, 0) is 11.5 Å². The topological polar surface area (TPSA) is 70.5 Å². The van der Waals surface area contributed by atoms with Gasteiger partial charge in [0, 0.05) is 16.0 Å². The van der Waals surface area contributed by atoms with Crippen LogP contribution in [-0.2, 0) is 0 Å². The standard InChI is InChI=1S/C17H8N2O2/c18-19-15-11-7-3-1-5-9(11)13-14(17(15)21)10-6-2-4-8-12(10)16(13)20/h1-8H. The normalized spacial score (nSPS) is 11.2. The number of benzene rings is 2. The summed E-state index contributed by atoms with van der Waals surface area (Å²) in [5.41, 5.74) is 8.63. The molecule has 2 aliphatic rings. The highest BCUT2D eigenvalue weighted by atomic mass is 16.1. The molecule has 0 aromatic heterocycles. The van der Waals surface area contributed by atoms with Crippen LogP contribution in [0.5, 0.6) is 0 Å². The fourth-order valence-electron chi connectivity index (χ4n) is 3.02. The van der Waals surface area contributed by atoms with Crippen LogP contribution in [0, 0.1) is 10.4 Å². The van der Waals surface area contributed by atoms with Crippen molar-refractivity contribution >= 4 is 21.5 Å². The first-order valence-corrected chi connectivity index (χ1v) is 6.49. The van der Waals surface area contributed by atoms with Gasteiger partial charge in [-0.2, -0.15) is 4.79 Å². The van der Waals surface area contributed by atoms with Crippen LogP contribution in [0.3, 0.4) is 0 Å². The molecule has 0 bridgehead atoms. The quantitative estimate of drug-likeness (QED) is 0.359. The molecular weight excluding hydrogens is 264 g/mol. The Morgan fingerprint density at radius 2 is 1.14 bits per heavy atom. The summed E-state index contributed by atoms with van der Waals surface area (Å²) in [7, 11) is 0. The molecule has 2 aromatic carbocycles. The van der Waals surface area contributed by atoms with Gasteiger partial charge in [0.1, 0.15) is 0 Å². The van der Waals surface area contributed by atoms with Crippen molar-refractivity contribution in [1.29, 1.82) is 0 Å². The predicted octanol–water partition coefficient (Wildman–Crippen LogP) is 1.44. The van der Waals surface area contributed by atoms with E-state index in [-0.39, 0.29) is 10.8 Å². The maximum Gasteiger partial charge on any atom is 0.370 e. The Balaban J connectivity index is 2.66. The Hall–Kier alpha value is -3.10. The third kappa shape index (κ3) is 1.34. The minimum absolute atomic E-state index is 0.0196. The van der Waals surface area contributed by atoms with Crippen LogP contribution in [0.15, 0.2) is 58.1 Å². The van der Waals surface area contributed by atoms with E-state index in [1.807, 2.05) is 0 Å². The number of fused-ring (bicyclic) bond motifs is 4. The summed E-state index contributed by atoms with van der Waals surface area (Å²) in [4.78, 5) is 28.4. The Bertz CT molecular complexity index is 1270. The Morgan fingerprint density at radius 3 is 1.76 bits per heavy atom. The summed E-state index contributed by atoms with van der Waals surface area (Å²) >= 11 is 0. The smallest absolute Gasteiger partial charge is 0.361 e. The van der Waals surface area contributed by atoms with Gasteiger partial charge in [0.05, 0.1) is 10.6 Å². The van der Waals surface area contributed by atoms with Gasteiger partial charge in [0.25, 0.3) is 5.43 Å². The van der Waals surface area contributed by atoms with E-state index in [2.05, 4.69) is 4.79 Å². The van der Waals surface area contributed by atoms with Crippen LogP contribution >= 0.6 is 0 Å². The van der Waals surface area contributed by atoms with E-state index in [0.717, 1.165) is 0 Å². The molecule has 0 spiro atoms. The Labute approximate surface area is 117 Å². The maximum atomic E-state index is 12.6. The molecule has 0 saturated carbocycles. The number of rotatable bonds is 0. The fourth-order valence-corrected chi connectivity index (χ4v) is 3.02. The summed E-state index contributed by atoms with van der Waals surface area (Å²) in [6.07, 6.45) is 0. The molecule has 0 saturated heterocycles. The molecule has 2 aromatic rings. The van der Waals surface area contributed by atoms with E-state index in [9.17, 15) is 15.1 Å². The fraction of sp³-hybridized carbons (Fsp3) is 0. The van der Waals surface area contributed by atoms with Crippen LogP contribution in [0.2, 0.25) is 0 Å². The molecule has 0 fully saturated rings. The van der Waals surface area contributed by atoms with Crippen molar-refractivity contribution in [2.24, 2.45) is 0 Å². The number of hydrogen-bond acceptors (Lipinski definition) is 2. The van der Waals surface area contributed by atoms with Crippen molar-refractivity contribution in [2.45, 2.75) is 0 Å². The lowest BCUT2D eigenvalue weighted by atomic mass is 10.1. The van der Waals surface area contributed by atoms with Crippen LogP contribution in [0.25, 0.3) is 27.1 Å². The molecule has 0 unspecified atom stereocenters. The second kappa shape index (κ2) is 3.95.